The number of hydrogen-bond donors (Lipinski definition) is 2. The summed E-state index contributed by atoms with van der Waals surface area (Å²) < 4.78 is 124. The van der Waals surface area contributed by atoms with Gasteiger partial charge in [-0.3, -0.25) is 0 Å². The highest BCUT2D eigenvalue weighted by atomic mass is 32.3. The number of halogens is 4. The highest BCUT2D eigenvalue weighted by Gasteiger charge is 2.37. The molecule has 4 rings (SSSR count). The number of hydrogen-bond acceptors (Lipinski definition) is 11. The van der Waals surface area contributed by atoms with Gasteiger partial charge < -0.3 is 23.1 Å². The molecule has 20 heteroatoms. The molecule has 0 unspecified atom stereocenters. The molecule has 0 saturated heterocycles. The van der Waals surface area contributed by atoms with Crippen molar-refractivity contribution in [2.45, 2.75) is 12.4 Å². The van der Waals surface area contributed by atoms with E-state index in [0.717, 1.165) is 6.20 Å². The summed E-state index contributed by atoms with van der Waals surface area (Å²) in [6.45, 7) is 1.51. The molecule has 212 valence electrons. The van der Waals surface area contributed by atoms with Gasteiger partial charge in [-0.2, -0.15) is 21.6 Å². The van der Waals surface area contributed by atoms with Crippen LogP contribution in [0.25, 0.3) is 0 Å². The van der Waals surface area contributed by atoms with Crippen molar-refractivity contribution >= 4 is 30.9 Å². The average molecular weight is 611 g/mol. The summed E-state index contributed by atoms with van der Waals surface area (Å²) in [5.74, 6) is 0.660. The molecule has 0 amide bonds. The van der Waals surface area contributed by atoms with Crippen molar-refractivity contribution in [3.05, 3.63) is 66.7 Å². The van der Waals surface area contributed by atoms with Crippen molar-refractivity contribution in [1.82, 2.24) is 3.97 Å². The number of aromatic nitrogens is 2. The fourth-order valence-corrected chi connectivity index (χ4v) is 3.44. The van der Waals surface area contributed by atoms with Gasteiger partial charge in [0.2, 0.25) is 0 Å². The van der Waals surface area contributed by atoms with Crippen LogP contribution in [0.3, 0.4) is 0 Å². The number of aryl methyl sites for hydroxylation is 1. The number of phenols is 2. The van der Waals surface area contributed by atoms with Gasteiger partial charge in [0.15, 0.2) is 33.1 Å². The van der Waals surface area contributed by atoms with Crippen LogP contribution < -0.4 is 12.9 Å². The monoisotopic (exact) mass is 610 g/mol. The molecule has 38 heavy (non-hydrogen) atoms. The van der Waals surface area contributed by atoms with E-state index in [0.29, 0.717) is 9.80 Å². The van der Waals surface area contributed by atoms with Crippen molar-refractivity contribution in [2.24, 2.45) is 7.05 Å². The third-order valence-electron chi connectivity index (χ3n) is 3.89. The zero-order valence-electron chi connectivity index (χ0n) is 19.0. The van der Waals surface area contributed by atoms with Crippen LogP contribution in [0.2, 0.25) is 0 Å². The van der Waals surface area contributed by atoms with Crippen molar-refractivity contribution in [3.63, 3.8) is 0 Å². The van der Waals surface area contributed by atoms with Crippen LogP contribution in [-0.4, -0.2) is 49.5 Å². The van der Waals surface area contributed by atoms with Gasteiger partial charge in [-0.15, -0.1) is 8.42 Å². The van der Waals surface area contributed by atoms with Gasteiger partial charge in [0.05, 0.1) is 7.05 Å². The van der Waals surface area contributed by atoms with Gasteiger partial charge in [-0.05, 0) is 24.3 Å². The molecule has 2 aromatic carbocycles. The highest BCUT2D eigenvalue weighted by Crippen LogP contribution is 2.34. The number of phenolic OH excluding ortho intramolecular Hbond substituents is 2. The second-order valence-corrected chi connectivity index (χ2v) is 10.3. The molecule has 2 N–H and O–H groups in total. The van der Waals surface area contributed by atoms with Crippen molar-refractivity contribution < 1.29 is 70.0 Å². The first-order valence-corrected chi connectivity index (χ1v) is 13.4. The lowest BCUT2D eigenvalue weighted by Gasteiger charge is -2.08. The Bertz CT molecular complexity index is 1520. The van der Waals surface area contributed by atoms with Crippen molar-refractivity contribution in [3.8, 4) is 23.0 Å². The van der Waals surface area contributed by atoms with Crippen LogP contribution in [0.1, 0.15) is 5.82 Å². The number of imidazole rings is 1. The average Bonchev–Trinajstić information content (AvgIpc) is 3.27. The summed E-state index contributed by atoms with van der Waals surface area (Å²) in [6.07, 6.45) is 2.62. The molecule has 3 aromatic rings. The molecule has 1 aromatic heterocycles. The summed E-state index contributed by atoms with van der Waals surface area (Å²) in [4.78, 5) is 0. The molecular formula is C18H18F4N2O11S3. The van der Waals surface area contributed by atoms with Gasteiger partial charge >= 0.3 is 26.3 Å². The minimum absolute atomic E-state index is 0.0764. The topological polar surface area (TPSA) is 193 Å². The molecule has 0 aliphatic carbocycles. The quantitative estimate of drug-likeness (QED) is 0.101. The fourth-order valence-electron chi connectivity index (χ4n) is 2.05. The van der Waals surface area contributed by atoms with E-state index < -0.39 is 36.4 Å². The molecule has 13 nitrogen and oxygen atoms in total. The van der Waals surface area contributed by atoms with Crippen LogP contribution in [0.4, 0.5) is 17.1 Å². The van der Waals surface area contributed by atoms with Gasteiger partial charge in [0.25, 0.3) is 5.82 Å². The number of para-hydroxylation sites is 4. The maximum atomic E-state index is 12.3. The molecule has 0 spiro atoms. The lowest BCUT2D eigenvalue weighted by Crippen LogP contribution is -2.30. The first kappa shape index (κ1) is 32.4. The van der Waals surface area contributed by atoms with Crippen LogP contribution in [-0.2, 0) is 38.0 Å². The smallest absolute Gasteiger partial charge is 0.501 e. The summed E-state index contributed by atoms with van der Waals surface area (Å²) in [5, 5.41) is 17.3. The maximum absolute atomic E-state index is 12.3. The normalized spacial score (nSPS) is 13.6. The summed E-state index contributed by atoms with van der Waals surface area (Å²) in [7, 11) is -12.9. The Morgan fingerprint density at radius 3 is 1.53 bits per heavy atom. The number of nitrogens with zero attached hydrogens (tertiary/aromatic N) is 2. The van der Waals surface area contributed by atoms with E-state index in [1.165, 1.54) is 42.0 Å². The molecule has 0 saturated carbocycles. The lowest BCUT2D eigenvalue weighted by molar-refractivity contribution is -0.676. The first-order chi connectivity index (χ1) is 17.2. The largest absolute Gasteiger partial charge is 0.741 e. The summed E-state index contributed by atoms with van der Waals surface area (Å²) in [6, 6.07) is 12.5. The number of aromatic hydroxyl groups is 2. The Labute approximate surface area is 214 Å². The van der Waals surface area contributed by atoms with E-state index >= 15 is 0 Å². The van der Waals surface area contributed by atoms with E-state index in [-0.39, 0.29) is 23.0 Å². The predicted octanol–water partition coefficient (Wildman–Crippen LogP) is 1.54. The Morgan fingerprint density at radius 1 is 0.921 bits per heavy atom. The minimum atomic E-state index is -6.09. The van der Waals surface area contributed by atoms with Crippen LogP contribution >= 0.6 is 0 Å². The zero-order chi connectivity index (χ0) is 29.5. The van der Waals surface area contributed by atoms with Crippen molar-refractivity contribution in [2.75, 3.05) is 0 Å². The van der Waals surface area contributed by atoms with Crippen LogP contribution in [0.15, 0.2) is 60.9 Å². The second kappa shape index (κ2) is 12.3. The van der Waals surface area contributed by atoms with Gasteiger partial charge in [0.1, 0.15) is 12.4 Å². The minimum Gasteiger partial charge on any atom is -0.741 e. The van der Waals surface area contributed by atoms with Crippen molar-refractivity contribution in [1.29, 1.82) is 0 Å². The number of alkyl halides is 3. The predicted molar refractivity (Wildman–Crippen MR) is 118 cm³/mol. The Hall–Kier alpha value is -3.62. The van der Waals surface area contributed by atoms with E-state index in [9.17, 15) is 33.9 Å². The molecule has 0 atom stereocenters. The summed E-state index contributed by atoms with van der Waals surface area (Å²) >= 11 is 0. The Kier molecular flexibility index (Phi) is 10.5. The summed E-state index contributed by atoms with van der Waals surface area (Å²) in [5.41, 5.74) is -5.65. The second-order valence-electron chi connectivity index (χ2n) is 6.60. The van der Waals surface area contributed by atoms with Gasteiger partial charge in [-0.1, -0.05) is 32.1 Å². The molecule has 1 aliphatic rings. The van der Waals surface area contributed by atoms with E-state index in [4.69, 9.17) is 23.2 Å². The first-order valence-electron chi connectivity index (χ1n) is 9.36. The molecule has 0 bridgehead atoms. The Balaban J connectivity index is 0.000000257. The molecule has 0 radical (unpaired) electrons. The molecule has 2 heterocycles. The maximum Gasteiger partial charge on any atom is 0.501 e. The molecule has 0 fully saturated rings. The van der Waals surface area contributed by atoms with E-state index in [1.54, 1.807) is 31.3 Å². The zero-order valence-corrected chi connectivity index (χ0v) is 21.4. The SMILES string of the molecule is Cc1n(S(=O)(=O)F)cc[n+]1C.O=S(=O)([O-])C(F)(F)F.O=S1(=O)Oc2ccccc2O1.Oc1ccccc1O. The number of fused-ring (bicyclic) bond motifs is 1. The standard InChI is InChI=1S/C6H4O4S.C6H6O2.C5H8FN2O2S.CHF3O3S/c7-11(8)9-5-3-1-2-4-6(5)10-11;7-5-3-1-2-4-6(5)8;1-5-7(2)3-4-8(5)11(6,9)10;2-1(3,4)8(5,6)7/h1-4H;1-4,7-8H;3-4H,1-2H3;(H,5,6,7)/q;;+1;/p-1. The Morgan fingerprint density at radius 2 is 1.29 bits per heavy atom. The van der Waals surface area contributed by atoms with Gasteiger partial charge in [-0.25, -0.2) is 13.0 Å². The van der Waals surface area contributed by atoms with Crippen LogP contribution in [0, 0.1) is 6.92 Å². The lowest BCUT2D eigenvalue weighted by atomic mass is 10.3. The molecular weight excluding hydrogens is 592 g/mol. The van der Waals surface area contributed by atoms with Gasteiger partial charge in [0, 0.05) is 6.92 Å². The molecule has 1 aliphatic heterocycles. The third kappa shape index (κ3) is 10.0. The fraction of sp³-hybridized carbons (Fsp3) is 0.167. The number of benzene rings is 2. The number of rotatable bonds is 1. The van der Waals surface area contributed by atoms with E-state index in [2.05, 4.69) is 8.37 Å². The van der Waals surface area contributed by atoms with Crippen LogP contribution in [0.5, 0.6) is 23.0 Å². The van der Waals surface area contributed by atoms with E-state index in [1.807, 2.05) is 0 Å². The highest BCUT2D eigenvalue weighted by molar-refractivity contribution is 7.86. The third-order valence-corrected chi connectivity index (χ3v) is 6.08.